The van der Waals surface area contributed by atoms with Gasteiger partial charge in [-0.25, -0.2) is 4.68 Å². The van der Waals surface area contributed by atoms with Crippen molar-refractivity contribution < 1.29 is 4.79 Å². The van der Waals surface area contributed by atoms with Crippen molar-refractivity contribution >= 4 is 16.7 Å². The van der Waals surface area contributed by atoms with Crippen molar-refractivity contribution in [1.82, 2.24) is 15.1 Å². The first kappa shape index (κ1) is 12.6. The van der Waals surface area contributed by atoms with Gasteiger partial charge in [-0.05, 0) is 18.9 Å². The highest BCUT2D eigenvalue weighted by Crippen LogP contribution is 2.14. The maximum absolute atomic E-state index is 12.4. The van der Waals surface area contributed by atoms with Gasteiger partial charge in [0.05, 0.1) is 5.39 Å². The molecule has 0 bridgehead atoms. The molecular weight excluding hydrogens is 254 g/mol. The molecule has 0 radical (unpaired) electrons. The molecule has 1 aromatic carbocycles. The van der Waals surface area contributed by atoms with Gasteiger partial charge in [0.15, 0.2) is 5.69 Å². The number of hydrogen-bond acceptors (Lipinski definition) is 3. The Hall–Kier alpha value is -2.43. The average molecular weight is 269 g/mol. The third-order valence-corrected chi connectivity index (χ3v) is 3.50. The second-order valence-corrected chi connectivity index (χ2v) is 4.91. The molecule has 1 atom stereocenters. The van der Waals surface area contributed by atoms with E-state index in [9.17, 15) is 9.59 Å². The quantitative estimate of drug-likeness (QED) is 0.838. The summed E-state index contributed by atoms with van der Waals surface area (Å²) in [6.45, 7) is 0. The Bertz CT molecular complexity index is 761. The van der Waals surface area contributed by atoms with Gasteiger partial charge in [0.2, 0.25) is 0 Å². The lowest BCUT2D eigenvalue weighted by atomic mass is 10.1. The van der Waals surface area contributed by atoms with E-state index in [1.807, 2.05) is 6.08 Å². The van der Waals surface area contributed by atoms with Crippen LogP contribution in [0, 0.1) is 0 Å². The lowest BCUT2D eigenvalue weighted by molar-refractivity contribution is 0.0939. The Labute approximate surface area is 115 Å². The molecule has 0 saturated heterocycles. The summed E-state index contributed by atoms with van der Waals surface area (Å²) < 4.78 is 1.21. The van der Waals surface area contributed by atoms with Gasteiger partial charge in [0.25, 0.3) is 11.5 Å². The minimum absolute atomic E-state index is 0.0558. The van der Waals surface area contributed by atoms with Gasteiger partial charge in [-0.1, -0.05) is 30.4 Å². The first-order valence-electron chi connectivity index (χ1n) is 6.60. The van der Waals surface area contributed by atoms with Crippen molar-refractivity contribution in [3.8, 4) is 0 Å². The van der Waals surface area contributed by atoms with E-state index >= 15 is 0 Å². The average Bonchev–Trinajstić information content (AvgIpc) is 2.95. The molecule has 3 rings (SSSR count). The van der Waals surface area contributed by atoms with E-state index in [1.54, 1.807) is 31.3 Å². The number of aryl methyl sites for hydroxylation is 1. The highest BCUT2D eigenvalue weighted by Gasteiger charge is 2.18. The van der Waals surface area contributed by atoms with Gasteiger partial charge in [-0.2, -0.15) is 5.10 Å². The zero-order valence-corrected chi connectivity index (χ0v) is 11.2. The number of fused-ring (bicyclic) bond motifs is 1. The Balaban J connectivity index is 2.06. The predicted octanol–water partition coefficient (Wildman–Crippen LogP) is 1.38. The molecular formula is C15H15N3O2. The molecule has 1 aromatic heterocycles. The van der Waals surface area contributed by atoms with Crippen molar-refractivity contribution in [2.75, 3.05) is 0 Å². The number of amides is 1. The minimum atomic E-state index is -0.242. The van der Waals surface area contributed by atoms with E-state index in [4.69, 9.17) is 0 Å². The fourth-order valence-electron chi connectivity index (χ4n) is 2.46. The van der Waals surface area contributed by atoms with Crippen molar-refractivity contribution in [2.24, 2.45) is 7.05 Å². The number of carbonyl (C=O) groups is 1. The number of nitrogens with one attached hydrogen (secondary N) is 1. The molecule has 5 heteroatoms. The second kappa shape index (κ2) is 4.92. The van der Waals surface area contributed by atoms with E-state index in [0.29, 0.717) is 16.5 Å². The molecule has 5 nitrogen and oxygen atoms in total. The first-order valence-corrected chi connectivity index (χ1v) is 6.60. The van der Waals surface area contributed by atoms with E-state index < -0.39 is 0 Å². The number of carbonyl (C=O) groups excluding carboxylic acids is 1. The van der Waals surface area contributed by atoms with Crippen LogP contribution in [-0.2, 0) is 7.05 Å². The molecule has 0 aliphatic heterocycles. The lowest BCUT2D eigenvalue weighted by Gasteiger charge is -2.12. The Morgan fingerprint density at radius 3 is 2.80 bits per heavy atom. The van der Waals surface area contributed by atoms with Crippen LogP contribution < -0.4 is 10.9 Å². The van der Waals surface area contributed by atoms with Gasteiger partial charge >= 0.3 is 0 Å². The summed E-state index contributed by atoms with van der Waals surface area (Å²) in [5.74, 6) is -0.242. The number of allylic oxidation sites excluding steroid dienone is 1. The summed E-state index contributed by atoms with van der Waals surface area (Å²) in [4.78, 5) is 24.4. The number of aromatic nitrogens is 2. The van der Waals surface area contributed by atoms with Gasteiger partial charge < -0.3 is 5.32 Å². The van der Waals surface area contributed by atoms with Crippen molar-refractivity contribution in [3.63, 3.8) is 0 Å². The van der Waals surface area contributed by atoms with Crippen molar-refractivity contribution in [3.05, 3.63) is 52.5 Å². The van der Waals surface area contributed by atoms with Gasteiger partial charge in [0, 0.05) is 18.5 Å². The summed E-state index contributed by atoms with van der Waals surface area (Å²) in [6, 6.07) is 7.11. The molecule has 1 N–H and O–H groups in total. The summed E-state index contributed by atoms with van der Waals surface area (Å²) in [6.07, 6.45) is 5.93. The SMILES string of the molecule is Cn1nc(C(=O)NC2C=CCC2)c2ccccc2c1=O. The minimum Gasteiger partial charge on any atom is -0.344 e. The monoisotopic (exact) mass is 269 g/mol. The van der Waals surface area contributed by atoms with Crippen LogP contribution in [0.3, 0.4) is 0 Å². The van der Waals surface area contributed by atoms with Crippen molar-refractivity contribution in [1.29, 1.82) is 0 Å². The summed E-state index contributed by atoms with van der Waals surface area (Å²) >= 11 is 0. The van der Waals surface area contributed by atoms with E-state index in [-0.39, 0.29) is 17.5 Å². The summed E-state index contributed by atoms with van der Waals surface area (Å²) in [5, 5.41) is 8.15. The fourth-order valence-corrected chi connectivity index (χ4v) is 2.46. The summed E-state index contributed by atoms with van der Waals surface area (Å²) in [7, 11) is 1.56. The molecule has 0 fully saturated rings. The standard InChI is InChI=1S/C15H15N3O2/c1-18-15(20)12-9-5-4-8-11(12)13(17-18)14(19)16-10-6-2-3-7-10/h2,4-6,8-10H,3,7H2,1H3,(H,16,19). The zero-order valence-electron chi connectivity index (χ0n) is 11.2. The predicted molar refractivity (Wildman–Crippen MR) is 76.6 cm³/mol. The first-order chi connectivity index (χ1) is 9.66. The largest absolute Gasteiger partial charge is 0.344 e. The maximum atomic E-state index is 12.4. The molecule has 1 amide bonds. The Morgan fingerprint density at radius 1 is 1.35 bits per heavy atom. The molecule has 102 valence electrons. The van der Waals surface area contributed by atoms with E-state index in [0.717, 1.165) is 12.8 Å². The van der Waals surface area contributed by atoms with Crippen LogP contribution in [0.5, 0.6) is 0 Å². The molecule has 1 heterocycles. The highest BCUT2D eigenvalue weighted by atomic mass is 16.2. The summed E-state index contributed by atoms with van der Waals surface area (Å²) in [5.41, 5.74) is 0.0981. The second-order valence-electron chi connectivity index (χ2n) is 4.91. The number of benzene rings is 1. The van der Waals surface area contributed by atoms with Gasteiger partial charge in [0.1, 0.15) is 0 Å². The molecule has 0 spiro atoms. The lowest BCUT2D eigenvalue weighted by Crippen LogP contribution is -2.34. The maximum Gasteiger partial charge on any atom is 0.274 e. The third kappa shape index (κ3) is 2.11. The molecule has 1 aliphatic carbocycles. The van der Waals surface area contributed by atoms with Crippen LogP contribution in [0.4, 0.5) is 0 Å². The third-order valence-electron chi connectivity index (χ3n) is 3.50. The van der Waals surface area contributed by atoms with Gasteiger partial charge in [-0.15, -0.1) is 0 Å². The fraction of sp³-hybridized carbons (Fsp3) is 0.267. The van der Waals surface area contributed by atoms with Crippen LogP contribution >= 0.6 is 0 Å². The molecule has 1 aliphatic rings. The number of hydrogen-bond donors (Lipinski definition) is 1. The van der Waals surface area contributed by atoms with Crippen LogP contribution in [0.2, 0.25) is 0 Å². The Kier molecular flexibility index (Phi) is 3.10. The van der Waals surface area contributed by atoms with E-state index in [2.05, 4.69) is 16.5 Å². The molecule has 2 aromatic rings. The van der Waals surface area contributed by atoms with Gasteiger partial charge in [-0.3, -0.25) is 9.59 Å². The molecule has 1 unspecified atom stereocenters. The van der Waals surface area contributed by atoms with Crippen molar-refractivity contribution in [2.45, 2.75) is 18.9 Å². The highest BCUT2D eigenvalue weighted by molar-refractivity contribution is 6.04. The van der Waals surface area contributed by atoms with Crippen LogP contribution in [0.25, 0.3) is 10.8 Å². The smallest absolute Gasteiger partial charge is 0.274 e. The van der Waals surface area contributed by atoms with E-state index in [1.165, 1.54) is 4.68 Å². The topological polar surface area (TPSA) is 64.0 Å². The number of nitrogens with zero attached hydrogens (tertiary/aromatic N) is 2. The molecule has 0 saturated carbocycles. The van der Waals surface area contributed by atoms with Crippen LogP contribution in [0.1, 0.15) is 23.3 Å². The van der Waals surface area contributed by atoms with Crippen LogP contribution in [-0.4, -0.2) is 21.7 Å². The normalized spacial score (nSPS) is 17.6. The zero-order chi connectivity index (χ0) is 14.1. The van der Waals surface area contributed by atoms with Crippen LogP contribution in [0.15, 0.2) is 41.2 Å². The molecule has 20 heavy (non-hydrogen) atoms. The number of rotatable bonds is 2. The Morgan fingerprint density at radius 2 is 2.10 bits per heavy atom.